The van der Waals surface area contributed by atoms with E-state index in [2.05, 4.69) is 25.8 Å². The van der Waals surface area contributed by atoms with Gasteiger partial charge >= 0.3 is 0 Å². The lowest BCUT2D eigenvalue weighted by Gasteiger charge is -2.22. The topological polar surface area (TPSA) is 70.9 Å². The van der Waals surface area contributed by atoms with Gasteiger partial charge in [0.1, 0.15) is 5.82 Å². The SMILES string of the molecule is CC=C(N)[NH+]=Cc1ccn(C(C)(C)C)c1N. The van der Waals surface area contributed by atoms with Crippen LogP contribution < -0.4 is 16.5 Å². The van der Waals surface area contributed by atoms with Gasteiger partial charge in [-0.3, -0.25) is 5.73 Å². The molecule has 5 N–H and O–H groups in total. The molecule has 0 bridgehead atoms. The van der Waals surface area contributed by atoms with Gasteiger partial charge in [-0.05, 0) is 33.8 Å². The van der Waals surface area contributed by atoms with Crippen molar-refractivity contribution in [2.45, 2.75) is 33.2 Å². The minimum Gasteiger partial charge on any atom is -0.384 e. The molecule has 0 aliphatic carbocycles. The zero-order valence-corrected chi connectivity index (χ0v) is 10.4. The van der Waals surface area contributed by atoms with E-state index in [1.165, 1.54) is 0 Å². The Morgan fingerprint density at radius 1 is 1.44 bits per heavy atom. The van der Waals surface area contributed by atoms with Crippen molar-refractivity contribution < 1.29 is 4.99 Å². The molecule has 0 aromatic carbocycles. The fourth-order valence-electron chi connectivity index (χ4n) is 1.41. The number of aromatic nitrogens is 1. The zero-order chi connectivity index (χ0) is 12.3. The van der Waals surface area contributed by atoms with Crippen LogP contribution >= 0.6 is 0 Å². The van der Waals surface area contributed by atoms with Crippen molar-refractivity contribution in [2.24, 2.45) is 5.73 Å². The minimum absolute atomic E-state index is 0.0116. The highest BCUT2D eigenvalue weighted by Crippen LogP contribution is 2.21. The lowest BCUT2D eigenvalue weighted by atomic mass is 10.1. The maximum Gasteiger partial charge on any atom is 0.265 e. The van der Waals surface area contributed by atoms with E-state index in [9.17, 15) is 0 Å². The van der Waals surface area contributed by atoms with Gasteiger partial charge < -0.3 is 10.3 Å². The molecule has 0 unspecified atom stereocenters. The Hall–Kier alpha value is -1.71. The molecule has 0 atom stereocenters. The van der Waals surface area contributed by atoms with Crippen LogP contribution in [0.5, 0.6) is 0 Å². The number of anilines is 1. The number of hydrogen-bond acceptors (Lipinski definition) is 2. The summed E-state index contributed by atoms with van der Waals surface area (Å²) in [4.78, 5) is 2.97. The van der Waals surface area contributed by atoms with Crippen LogP contribution in [0.4, 0.5) is 5.82 Å². The van der Waals surface area contributed by atoms with Gasteiger partial charge in [-0.15, -0.1) is 0 Å². The Balaban J connectivity index is 3.02. The minimum atomic E-state index is -0.0116. The largest absolute Gasteiger partial charge is 0.384 e. The lowest BCUT2D eigenvalue weighted by molar-refractivity contribution is -0.392. The molecular weight excluding hydrogens is 200 g/mol. The predicted molar refractivity (Wildman–Crippen MR) is 67.9 cm³/mol. The van der Waals surface area contributed by atoms with Crippen LogP contribution in [0.1, 0.15) is 33.3 Å². The van der Waals surface area contributed by atoms with Crippen molar-refractivity contribution in [2.75, 3.05) is 5.73 Å². The predicted octanol–water partition coefficient (Wildman–Crippen LogP) is 0.145. The molecule has 88 valence electrons. The fourth-order valence-corrected chi connectivity index (χ4v) is 1.41. The average Bonchev–Trinajstić information content (AvgIpc) is 2.55. The van der Waals surface area contributed by atoms with Crippen LogP contribution in [0, 0.1) is 0 Å². The molecule has 4 nitrogen and oxygen atoms in total. The third kappa shape index (κ3) is 2.66. The number of hydrogen-bond donors (Lipinski definition) is 3. The van der Waals surface area contributed by atoms with Crippen LogP contribution in [0.3, 0.4) is 0 Å². The van der Waals surface area contributed by atoms with Crippen molar-refractivity contribution in [3.8, 4) is 0 Å². The normalized spacial score (nSPS) is 13.6. The van der Waals surface area contributed by atoms with Gasteiger partial charge in [0.25, 0.3) is 5.82 Å². The smallest absolute Gasteiger partial charge is 0.265 e. The second-order valence-corrected chi connectivity index (χ2v) is 4.73. The van der Waals surface area contributed by atoms with Gasteiger partial charge in [0.2, 0.25) is 0 Å². The molecule has 0 fully saturated rings. The summed E-state index contributed by atoms with van der Waals surface area (Å²) in [6, 6.07) is 1.97. The van der Waals surface area contributed by atoms with E-state index in [1.807, 2.05) is 30.0 Å². The first kappa shape index (κ1) is 12.4. The number of rotatable bonds is 2. The number of nitrogens with two attached hydrogens (primary N) is 2. The van der Waals surface area contributed by atoms with Crippen molar-refractivity contribution in [1.82, 2.24) is 4.57 Å². The number of nitrogen functional groups attached to an aromatic ring is 1. The van der Waals surface area contributed by atoms with Gasteiger partial charge in [0.05, 0.1) is 11.8 Å². The van der Waals surface area contributed by atoms with Crippen LogP contribution in [-0.2, 0) is 5.54 Å². The van der Waals surface area contributed by atoms with Crippen LogP contribution in [0.25, 0.3) is 0 Å². The second-order valence-electron chi connectivity index (χ2n) is 4.73. The molecule has 1 aromatic rings. The number of nitrogens with one attached hydrogen (secondary N) is 1. The lowest BCUT2D eigenvalue weighted by Crippen LogP contribution is -2.69. The van der Waals surface area contributed by atoms with Crippen LogP contribution in [0.2, 0.25) is 0 Å². The van der Waals surface area contributed by atoms with Gasteiger partial charge in [0.15, 0.2) is 0 Å². The van der Waals surface area contributed by atoms with Gasteiger partial charge in [-0.1, -0.05) is 0 Å². The van der Waals surface area contributed by atoms with E-state index in [0.717, 1.165) is 11.4 Å². The molecule has 0 aliphatic rings. The molecular formula is C12H21N4+. The van der Waals surface area contributed by atoms with Crippen LogP contribution in [0.15, 0.2) is 24.2 Å². The van der Waals surface area contributed by atoms with Crippen LogP contribution in [-0.4, -0.2) is 10.8 Å². The summed E-state index contributed by atoms with van der Waals surface area (Å²) in [6.07, 6.45) is 5.59. The Kier molecular flexibility index (Phi) is 3.42. The molecule has 0 saturated carbocycles. The second kappa shape index (κ2) is 4.43. The molecule has 1 aromatic heterocycles. The molecule has 0 aliphatic heterocycles. The summed E-state index contributed by atoms with van der Waals surface area (Å²) < 4.78 is 2.03. The Bertz CT molecular complexity index is 419. The number of allylic oxidation sites excluding steroid dienone is 1. The fraction of sp³-hybridized carbons (Fsp3) is 0.417. The van der Waals surface area contributed by atoms with E-state index in [-0.39, 0.29) is 5.54 Å². The van der Waals surface area contributed by atoms with Crippen molar-refractivity contribution >= 4 is 12.0 Å². The Labute approximate surface area is 96.7 Å². The van der Waals surface area contributed by atoms with E-state index in [0.29, 0.717) is 5.82 Å². The quantitative estimate of drug-likeness (QED) is 0.622. The highest BCUT2D eigenvalue weighted by molar-refractivity contribution is 5.82. The van der Waals surface area contributed by atoms with Crippen molar-refractivity contribution in [1.29, 1.82) is 0 Å². The maximum atomic E-state index is 6.05. The Morgan fingerprint density at radius 3 is 2.50 bits per heavy atom. The van der Waals surface area contributed by atoms with E-state index in [1.54, 1.807) is 6.08 Å². The van der Waals surface area contributed by atoms with E-state index < -0.39 is 0 Å². The molecule has 0 spiro atoms. The standard InChI is InChI=1S/C12H20N4/c1-5-10(13)15-8-9-6-7-16(11(9)14)12(2,3)4/h5-8H,13-14H2,1-4H3/p+1. The van der Waals surface area contributed by atoms with E-state index in [4.69, 9.17) is 11.5 Å². The average molecular weight is 221 g/mol. The molecule has 0 amide bonds. The Morgan fingerprint density at radius 2 is 2.06 bits per heavy atom. The first-order valence-electron chi connectivity index (χ1n) is 5.35. The number of nitrogens with zero attached hydrogens (tertiary/aromatic N) is 1. The van der Waals surface area contributed by atoms with Crippen molar-refractivity contribution in [3.63, 3.8) is 0 Å². The van der Waals surface area contributed by atoms with Gasteiger partial charge in [-0.25, -0.2) is 4.99 Å². The summed E-state index contributed by atoms with van der Waals surface area (Å²) in [6.45, 7) is 8.21. The third-order valence-corrected chi connectivity index (χ3v) is 2.39. The highest BCUT2D eigenvalue weighted by atomic mass is 15.1. The van der Waals surface area contributed by atoms with Gasteiger partial charge in [-0.2, -0.15) is 0 Å². The molecule has 0 radical (unpaired) electrons. The molecule has 1 heterocycles. The molecule has 0 saturated heterocycles. The molecule has 4 heteroatoms. The molecule has 16 heavy (non-hydrogen) atoms. The zero-order valence-electron chi connectivity index (χ0n) is 10.4. The van der Waals surface area contributed by atoms with Gasteiger partial charge in [0, 0.05) is 17.8 Å². The first-order chi connectivity index (χ1) is 7.36. The summed E-state index contributed by atoms with van der Waals surface area (Å²) in [5, 5.41) is 0. The monoisotopic (exact) mass is 221 g/mol. The van der Waals surface area contributed by atoms with E-state index >= 15 is 0 Å². The highest BCUT2D eigenvalue weighted by Gasteiger charge is 2.16. The first-order valence-corrected chi connectivity index (χ1v) is 5.35. The van der Waals surface area contributed by atoms with Crippen molar-refractivity contribution in [3.05, 3.63) is 29.7 Å². The summed E-state index contributed by atoms with van der Waals surface area (Å²) in [7, 11) is 0. The summed E-state index contributed by atoms with van der Waals surface area (Å²) >= 11 is 0. The summed E-state index contributed by atoms with van der Waals surface area (Å²) in [5.74, 6) is 1.35. The maximum absolute atomic E-state index is 6.05. The third-order valence-electron chi connectivity index (χ3n) is 2.39. The summed E-state index contributed by atoms with van der Waals surface area (Å²) in [5.41, 5.74) is 12.6. The molecule has 1 rings (SSSR count).